The number of hydrogen-bond donors (Lipinski definition) is 1. The number of benzene rings is 2. The summed E-state index contributed by atoms with van der Waals surface area (Å²) < 4.78 is 16.0. The summed E-state index contributed by atoms with van der Waals surface area (Å²) in [5.74, 6) is -0.681. The molecule has 4 rings (SSSR count). The highest BCUT2D eigenvalue weighted by atomic mass is 35.5. The summed E-state index contributed by atoms with van der Waals surface area (Å²) in [6.07, 6.45) is 0. The molecule has 8 nitrogen and oxygen atoms in total. The fourth-order valence-corrected chi connectivity index (χ4v) is 5.09. The van der Waals surface area contributed by atoms with E-state index in [1.54, 1.807) is 30.3 Å². The van der Waals surface area contributed by atoms with Gasteiger partial charge in [0.15, 0.2) is 16.6 Å². The Bertz CT molecular complexity index is 1350. The van der Waals surface area contributed by atoms with Gasteiger partial charge in [-0.05, 0) is 49.7 Å². The number of carbonyl (C=O) groups excluding carboxylic acids is 2. The maximum absolute atomic E-state index is 13.3. The monoisotopic (exact) mass is 514 g/mol. The van der Waals surface area contributed by atoms with E-state index < -0.39 is 17.7 Å². The number of rotatable bonds is 6. The van der Waals surface area contributed by atoms with Gasteiger partial charge in [0.1, 0.15) is 11.5 Å². The largest absolute Gasteiger partial charge is 0.507 e. The van der Waals surface area contributed by atoms with Crippen LogP contribution in [-0.2, 0) is 9.59 Å². The van der Waals surface area contributed by atoms with Crippen LogP contribution in [0, 0.1) is 13.8 Å². The Morgan fingerprint density at radius 1 is 1.00 bits per heavy atom. The van der Waals surface area contributed by atoms with Crippen LogP contribution >= 0.6 is 22.9 Å². The average Bonchev–Trinajstić information content (AvgIpc) is 3.32. The first-order chi connectivity index (χ1) is 16.7. The second kappa shape index (κ2) is 9.59. The topological polar surface area (TPSA) is 98.2 Å². The van der Waals surface area contributed by atoms with E-state index >= 15 is 0 Å². The minimum atomic E-state index is -0.958. The molecule has 0 saturated carbocycles. The fourth-order valence-electron chi connectivity index (χ4n) is 3.90. The van der Waals surface area contributed by atoms with Gasteiger partial charge >= 0.3 is 5.91 Å². The Kier molecular flexibility index (Phi) is 6.73. The first-order valence-electron chi connectivity index (χ1n) is 10.5. The number of aliphatic hydroxyl groups is 1. The van der Waals surface area contributed by atoms with Gasteiger partial charge in [-0.3, -0.25) is 14.5 Å². The summed E-state index contributed by atoms with van der Waals surface area (Å²) in [5, 5.41) is 11.9. The summed E-state index contributed by atoms with van der Waals surface area (Å²) in [7, 11) is 4.48. The van der Waals surface area contributed by atoms with E-state index in [2.05, 4.69) is 4.98 Å². The van der Waals surface area contributed by atoms with Gasteiger partial charge in [0.25, 0.3) is 5.78 Å². The number of anilines is 1. The highest BCUT2D eigenvalue weighted by molar-refractivity contribution is 7.16. The number of thiazole rings is 1. The molecule has 1 aliphatic heterocycles. The van der Waals surface area contributed by atoms with Crippen LogP contribution in [-0.4, -0.2) is 43.1 Å². The molecular formula is C25H23ClN2O6S. The molecule has 182 valence electrons. The zero-order valence-electron chi connectivity index (χ0n) is 19.7. The van der Waals surface area contributed by atoms with Gasteiger partial charge in [0.2, 0.25) is 0 Å². The number of methoxy groups -OCH3 is 3. The van der Waals surface area contributed by atoms with Crippen molar-refractivity contribution < 1.29 is 28.9 Å². The molecule has 0 spiro atoms. The van der Waals surface area contributed by atoms with E-state index in [0.29, 0.717) is 27.9 Å². The van der Waals surface area contributed by atoms with Crippen molar-refractivity contribution >= 4 is 45.5 Å². The van der Waals surface area contributed by atoms with Gasteiger partial charge in [-0.2, -0.15) is 0 Å². The lowest BCUT2D eigenvalue weighted by Crippen LogP contribution is -2.29. The van der Waals surface area contributed by atoms with E-state index in [1.807, 2.05) is 13.8 Å². The van der Waals surface area contributed by atoms with Crippen LogP contribution < -0.4 is 19.1 Å². The number of amides is 1. The van der Waals surface area contributed by atoms with E-state index in [4.69, 9.17) is 25.8 Å². The third kappa shape index (κ3) is 4.21. The predicted molar refractivity (Wildman–Crippen MR) is 134 cm³/mol. The molecule has 1 amide bonds. The van der Waals surface area contributed by atoms with Crippen LogP contribution in [0.2, 0.25) is 5.02 Å². The van der Waals surface area contributed by atoms with Crippen LogP contribution in [0.15, 0.2) is 42.0 Å². The van der Waals surface area contributed by atoms with Crippen molar-refractivity contribution in [2.45, 2.75) is 19.9 Å². The summed E-state index contributed by atoms with van der Waals surface area (Å²) >= 11 is 7.55. The molecule has 35 heavy (non-hydrogen) atoms. The Hall–Kier alpha value is -3.56. The number of ether oxygens (including phenoxy) is 3. The Balaban J connectivity index is 1.97. The third-order valence-corrected chi connectivity index (χ3v) is 7.18. The van der Waals surface area contributed by atoms with E-state index in [1.165, 1.54) is 43.6 Å². The minimum Gasteiger partial charge on any atom is -0.507 e. The van der Waals surface area contributed by atoms with Crippen molar-refractivity contribution in [1.82, 2.24) is 4.98 Å². The number of halogens is 1. The number of carbonyl (C=O) groups is 2. The van der Waals surface area contributed by atoms with Crippen LogP contribution in [0.25, 0.3) is 5.76 Å². The number of aromatic nitrogens is 1. The van der Waals surface area contributed by atoms with Gasteiger partial charge in [0, 0.05) is 10.4 Å². The maximum atomic E-state index is 13.3. The quantitative estimate of drug-likeness (QED) is 0.279. The predicted octanol–water partition coefficient (Wildman–Crippen LogP) is 5.07. The molecule has 2 heterocycles. The first kappa shape index (κ1) is 24.6. The molecule has 3 aromatic rings. The van der Waals surface area contributed by atoms with Crippen molar-refractivity contribution in [2.24, 2.45) is 0 Å². The molecule has 1 N–H and O–H groups in total. The Morgan fingerprint density at radius 3 is 2.23 bits per heavy atom. The molecule has 0 bridgehead atoms. The zero-order valence-corrected chi connectivity index (χ0v) is 21.3. The number of ketones is 1. The molecule has 2 aromatic carbocycles. The molecule has 1 fully saturated rings. The van der Waals surface area contributed by atoms with Gasteiger partial charge in [-0.25, -0.2) is 4.98 Å². The molecule has 1 aliphatic rings. The Morgan fingerprint density at radius 2 is 1.66 bits per heavy atom. The number of hydrogen-bond acceptors (Lipinski definition) is 8. The lowest BCUT2D eigenvalue weighted by molar-refractivity contribution is -0.132. The standard InChI is InChI=1S/C25H23ClN2O6S/c1-12-13(2)35-25(27-12)28-21(14-6-9-18(33-4)19(11-14)34-5)20(23(30)24(28)31)22(29)15-7-8-17(32-3)16(26)10-15/h6-11,21,29H,1-5H3. The molecule has 10 heteroatoms. The highest BCUT2D eigenvalue weighted by Gasteiger charge is 2.48. The smallest absolute Gasteiger partial charge is 0.301 e. The number of nitrogens with zero attached hydrogens (tertiary/aromatic N) is 2. The summed E-state index contributed by atoms with van der Waals surface area (Å²) in [6.45, 7) is 3.72. The van der Waals surface area contributed by atoms with Crippen molar-refractivity contribution in [2.75, 3.05) is 26.2 Å². The summed E-state index contributed by atoms with van der Waals surface area (Å²) in [5.41, 5.74) is 1.47. The lowest BCUT2D eigenvalue weighted by Gasteiger charge is -2.24. The molecule has 1 aromatic heterocycles. The molecule has 1 saturated heterocycles. The number of Topliss-reactive ketones (excluding diaryl/α,β-unsaturated/α-hetero) is 1. The second-order valence-electron chi connectivity index (χ2n) is 7.77. The van der Waals surface area contributed by atoms with E-state index in [9.17, 15) is 14.7 Å². The molecular weight excluding hydrogens is 492 g/mol. The summed E-state index contributed by atoms with van der Waals surface area (Å²) in [4.78, 5) is 33.3. The molecule has 0 aliphatic carbocycles. The maximum Gasteiger partial charge on any atom is 0.301 e. The van der Waals surface area contributed by atoms with Crippen molar-refractivity contribution in [3.05, 3.63) is 68.7 Å². The lowest BCUT2D eigenvalue weighted by atomic mass is 9.95. The van der Waals surface area contributed by atoms with Crippen molar-refractivity contribution in [3.63, 3.8) is 0 Å². The highest BCUT2D eigenvalue weighted by Crippen LogP contribution is 2.45. The van der Waals surface area contributed by atoms with Gasteiger partial charge < -0.3 is 19.3 Å². The first-order valence-corrected chi connectivity index (χ1v) is 11.7. The average molecular weight is 515 g/mol. The molecule has 1 atom stereocenters. The second-order valence-corrected chi connectivity index (χ2v) is 9.36. The van der Waals surface area contributed by atoms with E-state index in [0.717, 1.165) is 10.6 Å². The van der Waals surface area contributed by atoms with E-state index in [-0.39, 0.29) is 21.9 Å². The Labute approximate surface area is 211 Å². The van der Waals surface area contributed by atoms with Gasteiger partial charge in [0.05, 0.1) is 43.7 Å². The fraction of sp³-hybridized carbons (Fsp3) is 0.240. The SMILES string of the molecule is COc1ccc(C(O)=C2C(=O)C(=O)N(c3nc(C)c(C)s3)C2c2ccc(OC)c(OC)c2)cc1Cl. The number of aryl methyl sites for hydroxylation is 2. The minimum absolute atomic E-state index is 0.0889. The third-order valence-electron chi connectivity index (χ3n) is 5.82. The van der Waals surface area contributed by atoms with Crippen LogP contribution in [0.1, 0.15) is 27.7 Å². The van der Waals surface area contributed by atoms with Crippen LogP contribution in [0.5, 0.6) is 17.2 Å². The van der Waals surface area contributed by atoms with Crippen molar-refractivity contribution in [3.8, 4) is 17.2 Å². The molecule has 1 unspecified atom stereocenters. The van der Waals surface area contributed by atoms with Crippen LogP contribution in [0.3, 0.4) is 0 Å². The van der Waals surface area contributed by atoms with Gasteiger partial charge in [-0.15, -0.1) is 11.3 Å². The van der Waals surface area contributed by atoms with Crippen molar-refractivity contribution in [1.29, 1.82) is 0 Å². The number of aliphatic hydroxyl groups excluding tert-OH is 1. The normalized spacial score (nSPS) is 17.1. The van der Waals surface area contributed by atoms with Crippen LogP contribution in [0.4, 0.5) is 5.13 Å². The zero-order chi connectivity index (χ0) is 25.4. The summed E-state index contributed by atoms with van der Waals surface area (Å²) in [6, 6.07) is 8.73. The van der Waals surface area contributed by atoms with Gasteiger partial charge in [-0.1, -0.05) is 17.7 Å². The molecule has 0 radical (unpaired) electrons.